The summed E-state index contributed by atoms with van der Waals surface area (Å²) >= 11 is 0. The quantitative estimate of drug-likeness (QED) is 0.624. The lowest BCUT2D eigenvalue weighted by atomic mass is 10.1. The molecule has 0 saturated carbocycles. The highest BCUT2D eigenvalue weighted by atomic mass is 16.1. The maximum atomic E-state index is 13.0. The Morgan fingerprint density at radius 2 is 2.21 bits per heavy atom. The van der Waals surface area contributed by atoms with Gasteiger partial charge in [-0.3, -0.25) is 14.8 Å². The number of aryl methyl sites for hydroxylation is 1. The number of nitrogens with one attached hydrogen (secondary N) is 1. The van der Waals surface area contributed by atoms with Crippen LogP contribution in [0.5, 0.6) is 0 Å². The Hall–Kier alpha value is -3.26. The Labute approximate surface area is 169 Å². The second kappa shape index (κ2) is 8.00. The van der Waals surface area contributed by atoms with Gasteiger partial charge in [-0.25, -0.2) is 4.98 Å². The van der Waals surface area contributed by atoms with Gasteiger partial charge in [0.2, 0.25) is 0 Å². The molecule has 1 unspecified atom stereocenters. The zero-order valence-corrected chi connectivity index (χ0v) is 16.4. The van der Waals surface area contributed by atoms with Crippen LogP contribution < -0.4 is 21.7 Å². The Morgan fingerprint density at radius 1 is 1.34 bits per heavy atom. The summed E-state index contributed by atoms with van der Waals surface area (Å²) in [6, 6.07) is 5.64. The molecule has 0 aromatic carbocycles. The van der Waals surface area contributed by atoms with Crippen molar-refractivity contribution in [2.24, 2.45) is 5.73 Å². The molecule has 0 radical (unpaired) electrons. The van der Waals surface area contributed by atoms with Crippen LogP contribution in [0, 0.1) is 0 Å². The molecular formula is C21H25N7O. The van der Waals surface area contributed by atoms with Gasteiger partial charge < -0.3 is 21.7 Å². The van der Waals surface area contributed by atoms with Crippen LogP contribution in [-0.4, -0.2) is 40.0 Å². The van der Waals surface area contributed by atoms with Gasteiger partial charge in [0.25, 0.3) is 5.91 Å². The number of hydrogen-bond acceptors (Lipinski definition) is 7. The van der Waals surface area contributed by atoms with Gasteiger partial charge in [-0.2, -0.15) is 0 Å². The molecule has 29 heavy (non-hydrogen) atoms. The van der Waals surface area contributed by atoms with Crippen molar-refractivity contribution in [3.63, 3.8) is 0 Å². The average Bonchev–Trinajstić information content (AvgIpc) is 2.73. The van der Waals surface area contributed by atoms with E-state index in [4.69, 9.17) is 11.5 Å². The molecular weight excluding hydrogens is 366 g/mol. The van der Waals surface area contributed by atoms with Gasteiger partial charge in [-0.1, -0.05) is 6.92 Å². The van der Waals surface area contributed by atoms with Gasteiger partial charge in [0.05, 0.1) is 28.8 Å². The fourth-order valence-electron chi connectivity index (χ4n) is 3.67. The molecule has 4 rings (SSSR count). The van der Waals surface area contributed by atoms with E-state index in [1.165, 1.54) is 0 Å². The van der Waals surface area contributed by atoms with E-state index in [9.17, 15) is 4.79 Å². The minimum atomic E-state index is -0.366. The first-order valence-electron chi connectivity index (χ1n) is 9.86. The second-order valence-corrected chi connectivity index (χ2v) is 7.34. The number of carbonyl (C=O) groups is 1. The summed E-state index contributed by atoms with van der Waals surface area (Å²) in [7, 11) is 0. The van der Waals surface area contributed by atoms with E-state index in [0.29, 0.717) is 16.9 Å². The monoisotopic (exact) mass is 391 g/mol. The van der Waals surface area contributed by atoms with E-state index in [-0.39, 0.29) is 17.6 Å². The van der Waals surface area contributed by atoms with Gasteiger partial charge in [0.1, 0.15) is 0 Å². The molecule has 1 aliphatic rings. The van der Waals surface area contributed by atoms with Gasteiger partial charge in [0, 0.05) is 42.6 Å². The predicted molar refractivity (Wildman–Crippen MR) is 115 cm³/mol. The Kier molecular flexibility index (Phi) is 5.26. The van der Waals surface area contributed by atoms with Gasteiger partial charge in [-0.15, -0.1) is 0 Å². The van der Waals surface area contributed by atoms with Crippen molar-refractivity contribution in [2.45, 2.75) is 32.2 Å². The van der Waals surface area contributed by atoms with E-state index in [0.717, 1.165) is 49.1 Å². The molecule has 8 heteroatoms. The Balaban J connectivity index is 1.64. The summed E-state index contributed by atoms with van der Waals surface area (Å²) in [6.07, 6.45) is 7.91. The predicted octanol–water partition coefficient (Wildman–Crippen LogP) is 2.35. The first-order chi connectivity index (χ1) is 14.0. The SMILES string of the molecule is CCc1cc2nc(C(=O)Nc3cnccc3N3CCCC(N)C3)c(N)cc2cn1. The molecule has 1 aliphatic heterocycles. The van der Waals surface area contributed by atoms with Crippen molar-refractivity contribution >= 4 is 33.9 Å². The van der Waals surface area contributed by atoms with Crippen LogP contribution in [0.2, 0.25) is 0 Å². The molecule has 150 valence electrons. The standard InChI is InChI=1S/C21H25N7O/c1-2-15-9-17-13(10-25-15)8-16(23)20(26-17)21(29)27-18-11-24-6-5-19(18)28-7-3-4-14(22)12-28/h5-6,8-11,14H,2-4,7,12,22-23H2,1H3,(H,27,29). The molecule has 0 bridgehead atoms. The summed E-state index contributed by atoms with van der Waals surface area (Å²) in [4.78, 5) is 28.2. The molecule has 1 fully saturated rings. The lowest BCUT2D eigenvalue weighted by Crippen LogP contribution is -2.43. The summed E-state index contributed by atoms with van der Waals surface area (Å²) in [6.45, 7) is 3.66. The van der Waals surface area contributed by atoms with Gasteiger partial charge >= 0.3 is 0 Å². The number of carbonyl (C=O) groups excluding carboxylic acids is 1. The average molecular weight is 391 g/mol. The number of rotatable bonds is 4. The lowest BCUT2D eigenvalue weighted by Gasteiger charge is -2.33. The number of hydrogen-bond donors (Lipinski definition) is 3. The fourth-order valence-corrected chi connectivity index (χ4v) is 3.67. The molecule has 4 heterocycles. The maximum Gasteiger partial charge on any atom is 0.276 e. The number of nitrogens with two attached hydrogens (primary N) is 2. The molecule has 8 nitrogen and oxygen atoms in total. The topological polar surface area (TPSA) is 123 Å². The molecule has 1 amide bonds. The largest absolute Gasteiger partial charge is 0.397 e. The van der Waals surface area contributed by atoms with Crippen LogP contribution in [0.3, 0.4) is 0 Å². The molecule has 3 aromatic rings. The van der Waals surface area contributed by atoms with E-state index >= 15 is 0 Å². The van der Waals surface area contributed by atoms with Crippen molar-refractivity contribution in [1.29, 1.82) is 0 Å². The Morgan fingerprint density at radius 3 is 3.00 bits per heavy atom. The van der Waals surface area contributed by atoms with Crippen LogP contribution in [0.15, 0.2) is 36.8 Å². The van der Waals surface area contributed by atoms with Crippen LogP contribution >= 0.6 is 0 Å². The van der Waals surface area contributed by atoms with Gasteiger partial charge in [0.15, 0.2) is 5.69 Å². The zero-order valence-electron chi connectivity index (χ0n) is 16.4. The van der Waals surface area contributed by atoms with Crippen molar-refractivity contribution in [1.82, 2.24) is 15.0 Å². The summed E-state index contributed by atoms with van der Waals surface area (Å²) in [5, 5.41) is 3.74. The highest BCUT2D eigenvalue weighted by Crippen LogP contribution is 2.28. The first kappa shape index (κ1) is 19.1. The number of pyridine rings is 3. The third-order valence-electron chi connectivity index (χ3n) is 5.21. The number of aromatic nitrogens is 3. The van der Waals surface area contributed by atoms with Crippen LogP contribution in [0.1, 0.15) is 35.9 Å². The van der Waals surface area contributed by atoms with Crippen molar-refractivity contribution < 1.29 is 4.79 Å². The van der Waals surface area contributed by atoms with E-state index in [1.807, 2.05) is 19.1 Å². The molecule has 3 aromatic heterocycles. The van der Waals surface area contributed by atoms with Gasteiger partial charge in [-0.05, 0) is 37.5 Å². The number of amides is 1. The second-order valence-electron chi connectivity index (χ2n) is 7.34. The van der Waals surface area contributed by atoms with Crippen LogP contribution in [-0.2, 0) is 6.42 Å². The number of nitrogens with zero attached hydrogens (tertiary/aromatic N) is 4. The highest BCUT2D eigenvalue weighted by Gasteiger charge is 2.21. The summed E-state index contributed by atoms with van der Waals surface area (Å²) < 4.78 is 0. The number of fused-ring (bicyclic) bond motifs is 1. The van der Waals surface area contributed by atoms with E-state index in [1.54, 1.807) is 24.7 Å². The Bertz CT molecular complexity index is 1050. The highest BCUT2D eigenvalue weighted by molar-refractivity contribution is 6.09. The minimum absolute atomic E-state index is 0.125. The molecule has 5 N–H and O–H groups in total. The minimum Gasteiger partial charge on any atom is -0.397 e. The smallest absolute Gasteiger partial charge is 0.276 e. The summed E-state index contributed by atoms with van der Waals surface area (Å²) in [5.41, 5.74) is 15.9. The van der Waals surface area contributed by atoms with Crippen LogP contribution in [0.25, 0.3) is 10.9 Å². The lowest BCUT2D eigenvalue weighted by molar-refractivity contribution is 0.102. The molecule has 0 aliphatic carbocycles. The van der Waals surface area contributed by atoms with Crippen molar-refractivity contribution in [3.8, 4) is 0 Å². The third kappa shape index (κ3) is 3.97. The maximum absolute atomic E-state index is 13.0. The summed E-state index contributed by atoms with van der Waals surface area (Å²) in [5.74, 6) is -0.366. The third-order valence-corrected chi connectivity index (χ3v) is 5.21. The van der Waals surface area contributed by atoms with Crippen molar-refractivity contribution in [3.05, 3.63) is 48.2 Å². The number of anilines is 3. The van der Waals surface area contributed by atoms with E-state index < -0.39 is 0 Å². The molecule has 1 atom stereocenters. The van der Waals surface area contributed by atoms with E-state index in [2.05, 4.69) is 25.2 Å². The number of nitrogen functional groups attached to an aromatic ring is 1. The molecule has 0 spiro atoms. The normalized spacial score (nSPS) is 16.8. The fraction of sp³-hybridized carbons (Fsp3) is 0.333. The van der Waals surface area contributed by atoms with Crippen LogP contribution in [0.4, 0.5) is 17.1 Å². The van der Waals surface area contributed by atoms with Crippen molar-refractivity contribution in [2.75, 3.05) is 29.0 Å². The zero-order chi connectivity index (χ0) is 20.4. The number of piperidine rings is 1. The molecule has 1 saturated heterocycles. The first-order valence-corrected chi connectivity index (χ1v) is 9.86.